The molecule has 5 nitrogen and oxygen atoms in total. The number of hydrogen-bond acceptors (Lipinski definition) is 4. The predicted octanol–water partition coefficient (Wildman–Crippen LogP) is 1.95. The van der Waals surface area contributed by atoms with Crippen molar-refractivity contribution in [2.45, 2.75) is 51.7 Å². The van der Waals surface area contributed by atoms with Crippen LogP contribution >= 0.6 is 0 Å². The van der Waals surface area contributed by atoms with Gasteiger partial charge in [0.05, 0.1) is 7.11 Å². The molecule has 1 heterocycles. The molecule has 0 aliphatic heterocycles. The van der Waals surface area contributed by atoms with Gasteiger partial charge in [0.1, 0.15) is 6.61 Å². The molecule has 1 aliphatic rings. The maximum absolute atomic E-state index is 4.83. The van der Waals surface area contributed by atoms with Gasteiger partial charge in [-0.05, 0) is 29.2 Å². The van der Waals surface area contributed by atoms with Crippen molar-refractivity contribution in [1.82, 2.24) is 20.2 Å². The Labute approximate surface area is 96.2 Å². The molecule has 0 N–H and O–H groups in total. The molecule has 0 aromatic carbocycles. The lowest BCUT2D eigenvalue weighted by Crippen LogP contribution is -2.14. The highest BCUT2D eigenvalue weighted by molar-refractivity contribution is 4.78. The summed E-state index contributed by atoms with van der Waals surface area (Å²) in [5, 5.41) is 11.6. The predicted molar refractivity (Wildman–Crippen MR) is 59.2 cm³/mol. The summed E-state index contributed by atoms with van der Waals surface area (Å²) in [6.45, 7) is 1.31. The van der Waals surface area contributed by atoms with Gasteiger partial charge in [-0.2, -0.15) is 0 Å². The molecule has 0 unspecified atom stereocenters. The summed E-state index contributed by atoms with van der Waals surface area (Å²) in [7, 11) is 3.35. The van der Waals surface area contributed by atoms with Gasteiger partial charge in [0.2, 0.25) is 0 Å². The standard InChI is InChI=1S/C11H19N4O/c1-16-9-11-12-13-14-15(11)8-10-6-4-2-3-5-7-10/h10H,1-9H2. The first-order valence-electron chi connectivity index (χ1n) is 6.02. The van der Waals surface area contributed by atoms with Gasteiger partial charge < -0.3 is 4.74 Å². The molecular weight excluding hydrogens is 204 g/mol. The fourth-order valence-electron chi connectivity index (χ4n) is 2.35. The molecule has 1 radical (unpaired) electrons. The fourth-order valence-corrected chi connectivity index (χ4v) is 2.35. The minimum absolute atomic E-state index is 0.389. The number of aromatic nitrogens is 4. The maximum atomic E-state index is 4.83. The minimum Gasteiger partial charge on any atom is -0.371 e. The Morgan fingerprint density at radius 1 is 1.25 bits per heavy atom. The zero-order chi connectivity index (χ0) is 11.2. The number of nitrogens with zero attached hydrogens (tertiary/aromatic N) is 4. The first-order chi connectivity index (χ1) is 7.90. The van der Waals surface area contributed by atoms with Crippen LogP contribution < -0.4 is 0 Å². The van der Waals surface area contributed by atoms with E-state index >= 15 is 0 Å². The maximum Gasteiger partial charge on any atom is 0.177 e. The summed E-state index contributed by atoms with van der Waals surface area (Å²) in [4.78, 5) is 0. The Kier molecular flexibility index (Phi) is 4.27. The van der Waals surface area contributed by atoms with Gasteiger partial charge in [-0.1, -0.05) is 25.7 Å². The summed E-state index contributed by atoms with van der Waals surface area (Å²) in [5.41, 5.74) is 0. The van der Waals surface area contributed by atoms with Crippen molar-refractivity contribution in [1.29, 1.82) is 0 Å². The summed E-state index contributed by atoms with van der Waals surface area (Å²) in [6.07, 6.45) is 8.03. The molecule has 0 bridgehead atoms. The molecule has 0 amide bonds. The van der Waals surface area contributed by atoms with Gasteiger partial charge in [0.25, 0.3) is 0 Å². The molecule has 0 saturated heterocycles. The summed E-state index contributed by atoms with van der Waals surface area (Å²) < 4.78 is 6.69. The van der Waals surface area contributed by atoms with Crippen molar-refractivity contribution >= 4 is 0 Å². The Hall–Kier alpha value is -0.970. The van der Waals surface area contributed by atoms with Crippen LogP contribution in [0.1, 0.15) is 44.3 Å². The largest absolute Gasteiger partial charge is 0.371 e. The van der Waals surface area contributed by atoms with Gasteiger partial charge in [-0.15, -0.1) is 5.10 Å². The number of tetrazole rings is 1. The second-order valence-electron chi connectivity index (χ2n) is 4.48. The van der Waals surface area contributed by atoms with Crippen molar-refractivity contribution in [3.8, 4) is 0 Å². The van der Waals surface area contributed by atoms with Crippen molar-refractivity contribution in [3.63, 3.8) is 0 Å². The van der Waals surface area contributed by atoms with E-state index in [4.69, 9.17) is 4.74 Å². The molecule has 5 heteroatoms. The minimum atomic E-state index is 0.389. The SMILES string of the molecule is [CH2]OCc1nnnn1CC1CCCCCC1. The van der Waals surface area contributed by atoms with E-state index in [2.05, 4.69) is 22.6 Å². The van der Waals surface area contributed by atoms with E-state index in [1.54, 1.807) is 0 Å². The first kappa shape index (κ1) is 11.5. The molecule has 1 saturated carbocycles. The molecule has 1 fully saturated rings. The second kappa shape index (κ2) is 5.94. The van der Waals surface area contributed by atoms with E-state index in [-0.39, 0.29) is 0 Å². The molecule has 16 heavy (non-hydrogen) atoms. The first-order valence-corrected chi connectivity index (χ1v) is 6.02. The van der Waals surface area contributed by atoms with E-state index in [9.17, 15) is 0 Å². The van der Waals surface area contributed by atoms with E-state index in [0.717, 1.165) is 18.3 Å². The van der Waals surface area contributed by atoms with Crippen LogP contribution in [0.5, 0.6) is 0 Å². The van der Waals surface area contributed by atoms with Crippen molar-refractivity contribution in [2.75, 3.05) is 0 Å². The van der Waals surface area contributed by atoms with Gasteiger partial charge >= 0.3 is 0 Å². The molecule has 0 atom stereocenters. The molecule has 1 aromatic heterocycles. The van der Waals surface area contributed by atoms with Crippen LogP contribution in [0.3, 0.4) is 0 Å². The van der Waals surface area contributed by atoms with Crippen LogP contribution in [0.25, 0.3) is 0 Å². The van der Waals surface area contributed by atoms with E-state index in [1.807, 2.05) is 4.68 Å². The normalized spacial score (nSPS) is 18.6. The topological polar surface area (TPSA) is 52.8 Å². The summed E-state index contributed by atoms with van der Waals surface area (Å²) in [5.74, 6) is 1.49. The molecular formula is C11H19N4O. The highest BCUT2D eigenvalue weighted by Crippen LogP contribution is 2.24. The van der Waals surface area contributed by atoms with Gasteiger partial charge in [-0.25, -0.2) is 4.68 Å². The lowest BCUT2D eigenvalue weighted by Gasteiger charge is -2.14. The van der Waals surface area contributed by atoms with Crippen LogP contribution in [-0.2, 0) is 17.9 Å². The zero-order valence-corrected chi connectivity index (χ0v) is 9.64. The van der Waals surface area contributed by atoms with Crippen molar-refractivity contribution < 1.29 is 4.74 Å². The number of rotatable bonds is 4. The van der Waals surface area contributed by atoms with Gasteiger partial charge in [-0.3, -0.25) is 0 Å². The Balaban J connectivity index is 1.93. The Bertz CT molecular complexity index is 305. The number of ether oxygens (including phenoxy) is 1. The van der Waals surface area contributed by atoms with E-state index in [0.29, 0.717) is 6.61 Å². The Morgan fingerprint density at radius 3 is 2.69 bits per heavy atom. The third kappa shape index (κ3) is 3.01. The summed E-state index contributed by atoms with van der Waals surface area (Å²) in [6, 6.07) is 0. The monoisotopic (exact) mass is 223 g/mol. The molecule has 0 spiro atoms. The molecule has 1 aliphatic carbocycles. The van der Waals surface area contributed by atoms with Crippen LogP contribution in [0.4, 0.5) is 0 Å². The summed E-state index contributed by atoms with van der Waals surface area (Å²) >= 11 is 0. The van der Waals surface area contributed by atoms with E-state index < -0.39 is 0 Å². The lowest BCUT2D eigenvalue weighted by atomic mass is 10.0. The molecule has 89 valence electrons. The third-order valence-electron chi connectivity index (χ3n) is 3.24. The van der Waals surface area contributed by atoms with Crippen LogP contribution in [0.15, 0.2) is 0 Å². The van der Waals surface area contributed by atoms with E-state index in [1.165, 1.54) is 38.5 Å². The quantitative estimate of drug-likeness (QED) is 0.732. The second-order valence-corrected chi connectivity index (χ2v) is 4.48. The molecule has 1 aromatic rings. The van der Waals surface area contributed by atoms with Crippen LogP contribution in [0.2, 0.25) is 0 Å². The zero-order valence-electron chi connectivity index (χ0n) is 9.64. The lowest BCUT2D eigenvalue weighted by molar-refractivity contribution is 0.210. The smallest absolute Gasteiger partial charge is 0.177 e. The van der Waals surface area contributed by atoms with Gasteiger partial charge in [0.15, 0.2) is 5.82 Å². The van der Waals surface area contributed by atoms with Gasteiger partial charge in [0, 0.05) is 6.54 Å². The van der Waals surface area contributed by atoms with Crippen molar-refractivity contribution in [2.24, 2.45) is 5.92 Å². The Morgan fingerprint density at radius 2 is 2.00 bits per heavy atom. The number of hydrogen-bond donors (Lipinski definition) is 0. The average molecular weight is 223 g/mol. The average Bonchev–Trinajstić information content (AvgIpc) is 2.56. The highest BCUT2D eigenvalue weighted by Gasteiger charge is 2.15. The van der Waals surface area contributed by atoms with Crippen LogP contribution in [0, 0.1) is 13.0 Å². The molecule has 2 rings (SSSR count). The van der Waals surface area contributed by atoms with Crippen molar-refractivity contribution in [3.05, 3.63) is 12.9 Å². The van der Waals surface area contributed by atoms with Crippen LogP contribution in [-0.4, -0.2) is 20.2 Å². The third-order valence-corrected chi connectivity index (χ3v) is 3.24. The highest BCUT2D eigenvalue weighted by atomic mass is 16.5. The fraction of sp³-hybridized carbons (Fsp3) is 0.818.